The molecule has 1 aromatic heterocycles. The van der Waals surface area contributed by atoms with Gasteiger partial charge in [0.25, 0.3) is 0 Å². The number of rotatable bonds is 3. The predicted octanol–water partition coefficient (Wildman–Crippen LogP) is 5.65. The number of nitrogens with one attached hydrogen (secondary N) is 1. The summed E-state index contributed by atoms with van der Waals surface area (Å²) in [5.41, 5.74) is 2.31. The van der Waals surface area contributed by atoms with E-state index >= 15 is 0 Å². The predicted molar refractivity (Wildman–Crippen MR) is 87.5 cm³/mol. The van der Waals surface area contributed by atoms with E-state index in [1.54, 1.807) is 11.3 Å². The van der Waals surface area contributed by atoms with Gasteiger partial charge in [0.15, 0.2) is 0 Å². The molecule has 0 bridgehead atoms. The van der Waals surface area contributed by atoms with Gasteiger partial charge in [-0.25, -0.2) is 0 Å². The van der Waals surface area contributed by atoms with Gasteiger partial charge in [-0.2, -0.15) is 0 Å². The molecule has 0 atom stereocenters. The van der Waals surface area contributed by atoms with Crippen LogP contribution in [-0.2, 0) is 0 Å². The third kappa shape index (κ3) is 3.02. The minimum atomic E-state index is 1.12. The van der Waals surface area contributed by atoms with Crippen LogP contribution in [-0.4, -0.2) is 7.05 Å². The first-order valence-electron chi connectivity index (χ1n) is 6.20. The maximum Gasteiger partial charge on any atom is 0.0356 e. The van der Waals surface area contributed by atoms with Crippen molar-refractivity contribution in [2.24, 2.45) is 0 Å². The zero-order valence-electron chi connectivity index (χ0n) is 11.4. The lowest BCUT2D eigenvalue weighted by Gasteiger charge is -1.99. The molecule has 0 saturated carbocycles. The first-order chi connectivity index (χ1) is 8.71. The summed E-state index contributed by atoms with van der Waals surface area (Å²) in [5, 5.41) is 4.39. The van der Waals surface area contributed by atoms with Crippen LogP contribution in [0.5, 0.6) is 0 Å². The van der Waals surface area contributed by atoms with Crippen molar-refractivity contribution >= 4 is 39.3 Å². The number of benzene rings is 1. The van der Waals surface area contributed by atoms with E-state index in [1.807, 2.05) is 19.2 Å². The Morgan fingerprint density at radius 2 is 1.89 bits per heavy atom. The van der Waals surface area contributed by atoms with E-state index in [9.17, 15) is 0 Å². The first kappa shape index (κ1) is 14.5. The van der Waals surface area contributed by atoms with Crippen LogP contribution in [0.1, 0.15) is 30.7 Å². The number of fused-ring (bicyclic) bond motifs is 1. The highest BCUT2D eigenvalue weighted by atomic mass is 32.1. The molecule has 0 unspecified atom stereocenters. The monoisotopic (exact) mass is 259 g/mol. The molecular formula is C16H21NS. The Kier molecular flexibility index (Phi) is 5.66. The molecule has 2 aromatic rings. The van der Waals surface area contributed by atoms with Gasteiger partial charge in [0.1, 0.15) is 0 Å². The molecule has 18 heavy (non-hydrogen) atoms. The number of thiophene rings is 1. The van der Waals surface area contributed by atoms with Crippen LogP contribution in [0.4, 0.5) is 5.69 Å². The number of hydrogen-bond donors (Lipinski definition) is 1. The summed E-state index contributed by atoms with van der Waals surface area (Å²) in [5.74, 6) is 0. The second kappa shape index (κ2) is 7.02. The van der Waals surface area contributed by atoms with Crippen molar-refractivity contribution in [2.45, 2.75) is 20.3 Å². The molecule has 0 aliphatic heterocycles. The highest BCUT2D eigenvalue weighted by Crippen LogP contribution is 2.34. The van der Waals surface area contributed by atoms with Crippen LogP contribution in [0.25, 0.3) is 22.2 Å². The molecule has 0 saturated heterocycles. The molecule has 0 amide bonds. The SMILES string of the molecule is C=Cc1sc2ccc(NC)cc2c1C=C.CCC. The van der Waals surface area contributed by atoms with Crippen LogP contribution < -0.4 is 5.32 Å². The standard InChI is InChI=1S/C13H13NS.C3H8/c1-4-10-11-8-9(14-3)6-7-13(11)15-12(10)5-2;1-3-2/h4-8,14H,1-2H2,3H3;3H2,1-2H3. The molecule has 96 valence electrons. The molecule has 0 spiro atoms. The molecule has 1 N–H and O–H groups in total. The lowest BCUT2D eigenvalue weighted by atomic mass is 10.1. The normalized spacial score (nSPS) is 9.50. The van der Waals surface area contributed by atoms with Crippen LogP contribution in [0.3, 0.4) is 0 Å². The minimum Gasteiger partial charge on any atom is -0.388 e. The molecule has 1 aromatic carbocycles. The van der Waals surface area contributed by atoms with E-state index in [1.165, 1.54) is 26.9 Å². The van der Waals surface area contributed by atoms with Gasteiger partial charge in [0, 0.05) is 27.7 Å². The van der Waals surface area contributed by atoms with Crippen molar-refractivity contribution in [3.05, 3.63) is 41.8 Å². The largest absolute Gasteiger partial charge is 0.388 e. The van der Waals surface area contributed by atoms with E-state index in [0.717, 1.165) is 5.69 Å². The molecule has 0 aliphatic carbocycles. The van der Waals surface area contributed by atoms with Crippen LogP contribution in [0.2, 0.25) is 0 Å². The summed E-state index contributed by atoms with van der Waals surface area (Å²) < 4.78 is 1.28. The fourth-order valence-electron chi connectivity index (χ4n) is 1.65. The Morgan fingerprint density at radius 3 is 2.39 bits per heavy atom. The summed E-state index contributed by atoms with van der Waals surface area (Å²) >= 11 is 1.75. The number of anilines is 1. The van der Waals surface area contributed by atoms with Gasteiger partial charge in [-0.3, -0.25) is 0 Å². The minimum absolute atomic E-state index is 1.12. The molecule has 0 aliphatic rings. The Morgan fingerprint density at radius 1 is 1.22 bits per heavy atom. The van der Waals surface area contributed by atoms with E-state index in [2.05, 4.69) is 50.5 Å². The van der Waals surface area contributed by atoms with Gasteiger partial charge >= 0.3 is 0 Å². The third-order valence-electron chi connectivity index (χ3n) is 2.43. The Hall–Kier alpha value is -1.54. The molecule has 2 rings (SSSR count). The number of hydrogen-bond acceptors (Lipinski definition) is 2. The van der Waals surface area contributed by atoms with E-state index in [4.69, 9.17) is 0 Å². The van der Waals surface area contributed by atoms with Gasteiger partial charge in [-0.15, -0.1) is 11.3 Å². The van der Waals surface area contributed by atoms with Gasteiger partial charge in [-0.05, 0) is 23.8 Å². The zero-order chi connectivity index (χ0) is 13.5. The fourth-order valence-corrected chi connectivity index (χ4v) is 2.69. The first-order valence-corrected chi connectivity index (χ1v) is 7.02. The fraction of sp³-hybridized carbons (Fsp3) is 0.250. The molecule has 1 heterocycles. The lowest BCUT2D eigenvalue weighted by Crippen LogP contribution is -1.86. The average Bonchev–Trinajstić information content (AvgIpc) is 2.75. The summed E-state index contributed by atoms with van der Waals surface area (Å²) in [4.78, 5) is 1.19. The van der Waals surface area contributed by atoms with Crippen molar-refractivity contribution in [1.29, 1.82) is 0 Å². The highest BCUT2D eigenvalue weighted by Gasteiger charge is 2.07. The smallest absolute Gasteiger partial charge is 0.0356 e. The van der Waals surface area contributed by atoms with Crippen molar-refractivity contribution in [3.8, 4) is 0 Å². The molecular weight excluding hydrogens is 238 g/mol. The maximum atomic E-state index is 3.86. The summed E-state index contributed by atoms with van der Waals surface area (Å²) in [6, 6.07) is 6.36. The van der Waals surface area contributed by atoms with Gasteiger partial charge < -0.3 is 5.32 Å². The lowest BCUT2D eigenvalue weighted by molar-refractivity contribution is 1.09. The molecule has 0 fully saturated rings. The van der Waals surface area contributed by atoms with Gasteiger partial charge in [0.2, 0.25) is 0 Å². The Bertz CT molecular complexity index is 537. The van der Waals surface area contributed by atoms with Crippen LogP contribution in [0, 0.1) is 0 Å². The summed E-state index contributed by atoms with van der Waals surface area (Å²) in [6.45, 7) is 11.9. The van der Waals surface area contributed by atoms with Crippen LogP contribution in [0.15, 0.2) is 31.4 Å². The molecule has 2 heteroatoms. The van der Waals surface area contributed by atoms with Gasteiger partial charge in [-0.1, -0.05) is 45.6 Å². The third-order valence-corrected chi connectivity index (χ3v) is 3.62. The second-order valence-corrected chi connectivity index (χ2v) is 5.04. The van der Waals surface area contributed by atoms with Gasteiger partial charge in [0.05, 0.1) is 0 Å². The topological polar surface area (TPSA) is 12.0 Å². The molecule has 1 nitrogen and oxygen atoms in total. The Labute approximate surface area is 114 Å². The van der Waals surface area contributed by atoms with E-state index < -0.39 is 0 Å². The second-order valence-electron chi connectivity index (χ2n) is 3.96. The van der Waals surface area contributed by atoms with Crippen molar-refractivity contribution in [3.63, 3.8) is 0 Å². The summed E-state index contributed by atoms with van der Waals surface area (Å²) in [6.07, 6.45) is 5.04. The van der Waals surface area contributed by atoms with Crippen molar-refractivity contribution in [1.82, 2.24) is 0 Å². The zero-order valence-corrected chi connectivity index (χ0v) is 12.2. The van der Waals surface area contributed by atoms with Crippen LogP contribution >= 0.6 is 11.3 Å². The Balaban J connectivity index is 0.000000492. The average molecular weight is 259 g/mol. The van der Waals surface area contributed by atoms with E-state index in [-0.39, 0.29) is 0 Å². The maximum absolute atomic E-state index is 3.86. The summed E-state index contributed by atoms with van der Waals surface area (Å²) in [7, 11) is 1.93. The van der Waals surface area contributed by atoms with Crippen molar-refractivity contribution in [2.75, 3.05) is 12.4 Å². The quantitative estimate of drug-likeness (QED) is 0.751. The molecule has 0 radical (unpaired) electrons. The highest BCUT2D eigenvalue weighted by molar-refractivity contribution is 7.20. The van der Waals surface area contributed by atoms with Crippen molar-refractivity contribution < 1.29 is 0 Å². The van der Waals surface area contributed by atoms with E-state index in [0.29, 0.717) is 0 Å².